The largest absolute Gasteiger partial charge is 0.493 e. The van der Waals surface area contributed by atoms with Crippen LogP contribution in [-0.4, -0.2) is 53.5 Å². The Balaban J connectivity index is 0.00000523. The lowest BCUT2D eigenvalue weighted by atomic mass is 10.1. The van der Waals surface area contributed by atoms with E-state index in [0.717, 1.165) is 42.7 Å². The minimum atomic E-state index is -0.274. The summed E-state index contributed by atoms with van der Waals surface area (Å²) in [6.07, 6.45) is 5.74. The van der Waals surface area contributed by atoms with Crippen molar-refractivity contribution in [2.75, 3.05) is 32.8 Å². The monoisotopic (exact) mass is 761 g/mol. The third-order valence-electron chi connectivity index (χ3n) is 8.52. The molecule has 0 aliphatic carbocycles. The highest BCUT2D eigenvalue weighted by Gasteiger charge is 2.20. The van der Waals surface area contributed by atoms with Crippen LogP contribution in [-0.2, 0) is 24.4 Å². The second-order valence-corrected chi connectivity index (χ2v) is 13.1. The maximum Gasteiger partial charge on any atom is 0.246 e. The number of rotatable bonds is 13. The maximum absolute atomic E-state index is 13.1. The SMILES string of the molecule is Cc1cc(/C=C/C(=O)N2CCN(Cc3ccc(CCOc4ccc(F)cc4)cc3)CC2)cc(Cl)c1Oc1ccc(OCc2ccccc2Cl)cn1.Cl. The van der Waals surface area contributed by atoms with Crippen molar-refractivity contribution in [1.29, 1.82) is 0 Å². The number of ether oxygens (including phenoxy) is 3. The van der Waals surface area contributed by atoms with E-state index >= 15 is 0 Å². The smallest absolute Gasteiger partial charge is 0.246 e. The van der Waals surface area contributed by atoms with Gasteiger partial charge in [0.15, 0.2) is 5.75 Å². The topological polar surface area (TPSA) is 64.1 Å². The van der Waals surface area contributed by atoms with Crippen molar-refractivity contribution >= 4 is 47.6 Å². The summed E-state index contributed by atoms with van der Waals surface area (Å²) >= 11 is 12.8. The molecule has 6 rings (SSSR count). The number of benzene rings is 4. The summed E-state index contributed by atoms with van der Waals surface area (Å²) in [5.74, 6) is 1.83. The average Bonchev–Trinajstić information content (AvgIpc) is 3.14. The van der Waals surface area contributed by atoms with Gasteiger partial charge in [0.05, 0.1) is 17.8 Å². The number of amides is 1. The molecule has 0 bridgehead atoms. The number of piperazine rings is 1. The van der Waals surface area contributed by atoms with Crippen LogP contribution in [0.15, 0.2) is 109 Å². The molecule has 1 aliphatic heterocycles. The number of hydrogen-bond donors (Lipinski definition) is 0. The highest BCUT2D eigenvalue weighted by Crippen LogP contribution is 2.34. The first-order valence-electron chi connectivity index (χ1n) is 16.7. The number of nitrogens with zero attached hydrogens (tertiary/aromatic N) is 3. The Hall–Kier alpha value is -4.60. The first kappa shape index (κ1) is 38.6. The molecule has 1 saturated heterocycles. The molecule has 0 saturated carbocycles. The van der Waals surface area contributed by atoms with Crippen LogP contribution >= 0.6 is 35.6 Å². The summed E-state index contributed by atoms with van der Waals surface area (Å²) in [7, 11) is 0. The van der Waals surface area contributed by atoms with Gasteiger partial charge in [-0.3, -0.25) is 9.69 Å². The molecule has 0 spiro atoms. The quantitative estimate of drug-likeness (QED) is 0.111. The van der Waals surface area contributed by atoms with Crippen molar-refractivity contribution in [2.24, 2.45) is 0 Å². The molecule has 7 nitrogen and oxygen atoms in total. The van der Waals surface area contributed by atoms with E-state index < -0.39 is 0 Å². The van der Waals surface area contributed by atoms with Gasteiger partial charge in [0.1, 0.15) is 23.9 Å². The summed E-state index contributed by atoms with van der Waals surface area (Å²) in [6.45, 7) is 6.50. The molecule has 4 aromatic carbocycles. The zero-order valence-corrected chi connectivity index (χ0v) is 31.0. The molecule has 1 aliphatic rings. The Morgan fingerprint density at radius 3 is 2.25 bits per heavy atom. The molecule has 11 heteroatoms. The van der Waals surface area contributed by atoms with Gasteiger partial charge in [-0.2, -0.15) is 0 Å². The molecule has 5 aromatic rings. The fourth-order valence-corrected chi connectivity index (χ4v) is 6.17. The second-order valence-electron chi connectivity index (χ2n) is 12.3. The summed E-state index contributed by atoms with van der Waals surface area (Å²) in [4.78, 5) is 21.6. The van der Waals surface area contributed by atoms with Crippen LogP contribution in [0.4, 0.5) is 4.39 Å². The van der Waals surface area contributed by atoms with Crippen LogP contribution in [0.2, 0.25) is 10.0 Å². The second kappa shape index (κ2) is 18.8. The van der Waals surface area contributed by atoms with Gasteiger partial charge < -0.3 is 19.1 Å². The van der Waals surface area contributed by atoms with E-state index in [9.17, 15) is 9.18 Å². The van der Waals surface area contributed by atoms with Gasteiger partial charge >= 0.3 is 0 Å². The number of carbonyl (C=O) groups excluding carboxylic acids is 1. The number of aromatic nitrogens is 1. The van der Waals surface area contributed by atoms with Crippen molar-refractivity contribution in [1.82, 2.24) is 14.8 Å². The predicted molar refractivity (Wildman–Crippen MR) is 206 cm³/mol. The third kappa shape index (κ3) is 11.0. The highest BCUT2D eigenvalue weighted by atomic mass is 35.5. The molecule has 1 amide bonds. The molecular weight excluding hydrogens is 724 g/mol. The number of halogens is 4. The molecule has 0 atom stereocenters. The molecule has 270 valence electrons. The molecule has 0 radical (unpaired) electrons. The average molecular weight is 763 g/mol. The van der Waals surface area contributed by atoms with Gasteiger partial charge in [-0.05, 0) is 83.8 Å². The van der Waals surface area contributed by atoms with E-state index in [-0.39, 0.29) is 24.1 Å². The molecule has 0 unspecified atom stereocenters. The molecule has 2 heterocycles. The van der Waals surface area contributed by atoms with E-state index in [1.54, 1.807) is 48.7 Å². The lowest BCUT2D eigenvalue weighted by Gasteiger charge is -2.34. The highest BCUT2D eigenvalue weighted by molar-refractivity contribution is 6.32. The van der Waals surface area contributed by atoms with Crippen LogP contribution < -0.4 is 14.2 Å². The lowest BCUT2D eigenvalue weighted by molar-refractivity contribution is -0.127. The van der Waals surface area contributed by atoms with Gasteiger partial charge in [0, 0.05) is 61.9 Å². The predicted octanol–water partition coefficient (Wildman–Crippen LogP) is 9.61. The summed E-state index contributed by atoms with van der Waals surface area (Å²) in [5.41, 5.74) is 4.91. The van der Waals surface area contributed by atoms with E-state index in [2.05, 4.69) is 34.1 Å². The fourth-order valence-electron chi connectivity index (χ4n) is 5.66. The Labute approximate surface area is 320 Å². The zero-order chi connectivity index (χ0) is 35.6. The zero-order valence-electron chi connectivity index (χ0n) is 28.6. The van der Waals surface area contributed by atoms with Gasteiger partial charge in [0.25, 0.3) is 0 Å². The maximum atomic E-state index is 13.1. The number of carbonyl (C=O) groups is 1. The van der Waals surface area contributed by atoms with E-state index in [0.29, 0.717) is 59.5 Å². The van der Waals surface area contributed by atoms with E-state index in [4.69, 9.17) is 37.4 Å². The van der Waals surface area contributed by atoms with Crippen molar-refractivity contribution < 1.29 is 23.4 Å². The normalized spacial score (nSPS) is 13.1. The minimum Gasteiger partial charge on any atom is -0.493 e. The standard InChI is InChI=1S/C41H38Cl2FN3O4.ClH/c1-29-24-32(25-38(43)41(29)51-39-16-15-36(26-45-39)50-28-33-4-2-3-5-37(33)42)10-17-40(48)47-21-19-46(20-22-47)27-31-8-6-30(7-9-31)18-23-49-35-13-11-34(44)12-14-35;/h2-17,24-26H,18-23,27-28H2,1H3;1H/b17-10+;. The molecule has 1 fully saturated rings. The first-order chi connectivity index (χ1) is 24.8. The van der Waals surface area contributed by atoms with E-state index in [1.807, 2.05) is 42.2 Å². The summed E-state index contributed by atoms with van der Waals surface area (Å²) < 4.78 is 30.6. The summed E-state index contributed by atoms with van der Waals surface area (Å²) in [5, 5.41) is 1.07. The summed E-state index contributed by atoms with van der Waals surface area (Å²) in [6, 6.07) is 29.3. The van der Waals surface area contributed by atoms with Crippen molar-refractivity contribution in [3.8, 4) is 23.1 Å². The number of pyridine rings is 1. The first-order valence-corrected chi connectivity index (χ1v) is 17.5. The Morgan fingerprint density at radius 2 is 1.56 bits per heavy atom. The number of hydrogen-bond acceptors (Lipinski definition) is 6. The minimum absolute atomic E-state index is 0. The van der Waals surface area contributed by atoms with E-state index in [1.165, 1.54) is 23.3 Å². The van der Waals surface area contributed by atoms with Gasteiger partial charge in [-0.1, -0.05) is 65.7 Å². The Morgan fingerprint density at radius 1 is 0.846 bits per heavy atom. The Bertz CT molecular complexity index is 1930. The fraction of sp³-hybridized carbons (Fsp3) is 0.220. The van der Waals surface area contributed by atoms with Crippen LogP contribution in [0.3, 0.4) is 0 Å². The third-order valence-corrected chi connectivity index (χ3v) is 9.17. The van der Waals surface area contributed by atoms with Gasteiger partial charge in [0.2, 0.25) is 11.8 Å². The number of aryl methyl sites for hydroxylation is 1. The van der Waals surface area contributed by atoms with Crippen LogP contribution in [0.5, 0.6) is 23.1 Å². The van der Waals surface area contributed by atoms with Crippen molar-refractivity contribution in [3.05, 3.63) is 153 Å². The van der Waals surface area contributed by atoms with Crippen LogP contribution in [0, 0.1) is 12.7 Å². The molecular formula is C41H39Cl3FN3O4. The molecule has 0 N–H and O–H groups in total. The van der Waals surface area contributed by atoms with Gasteiger partial charge in [-0.15, -0.1) is 12.4 Å². The lowest BCUT2D eigenvalue weighted by Crippen LogP contribution is -2.47. The van der Waals surface area contributed by atoms with Crippen LogP contribution in [0.1, 0.15) is 27.8 Å². The van der Waals surface area contributed by atoms with Gasteiger partial charge in [-0.25, -0.2) is 9.37 Å². The van der Waals surface area contributed by atoms with Crippen LogP contribution in [0.25, 0.3) is 6.08 Å². The van der Waals surface area contributed by atoms with Crippen molar-refractivity contribution in [2.45, 2.75) is 26.5 Å². The molecule has 1 aromatic heterocycles. The molecule has 52 heavy (non-hydrogen) atoms. The Kier molecular flexibility index (Phi) is 13.9. The van der Waals surface area contributed by atoms with Crippen molar-refractivity contribution in [3.63, 3.8) is 0 Å².